The lowest BCUT2D eigenvalue weighted by Gasteiger charge is -2.15. The molecular formula is C19H13F3N4O2. The molecular weight excluding hydrogens is 373 g/mol. The molecule has 142 valence electrons. The number of rotatable bonds is 4. The van der Waals surface area contributed by atoms with Gasteiger partial charge in [-0.05, 0) is 36.4 Å². The van der Waals surface area contributed by atoms with E-state index in [0.717, 1.165) is 6.07 Å². The van der Waals surface area contributed by atoms with Crippen molar-refractivity contribution in [3.8, 4) is 5.69 Å². The van der Waals surface area contributed by atoms with Gasteiger partial charge in [0.15, 0.2) is 5.58 Å². The van der Waals surface area contributed by atoms with Gasteiger partial charge in [0, 0.05) is 17.8 Å². The van der Waals surface area contributed by atoms with Crippen LogP contribution in [0.2, 0.25) is 0 Å². The lowest BCUT2D eigenvalue weighted by atomic mass is 10.1. The van der Waals surface area contributed by atoms with Crippen molar-refractivity contribution in [2.24, 2.45) is 0 Å². The molecule has 0 atom stereocenters. The quantitative estimate of drug-likeness (QED) is 0.570. The number of benzene rings is 2. The fourth-order valence-electron chi connectivity index (χ4n) is 2.85. The first-order chi connectivity index (χ1) is 13.4. The largest absolute Gasteiger partial charge is 0.418 e. The SMILES string of the molecule is O=C(Cc1noc2ccccc12)Nc1ccc(-n2cccn2)cc1C(F)(F)F. The van der Waals surface area contributed by atoms with Gasteiger partial charge >= 0.3 is 6.18 Å². The second-order valence-electron chi connectivity index (χ2n) is 6.03. The van der Waals surface area contributed by atoms with E-state index in [1.165, 1.54) is 29.2 Å². The second kappa shape index (κ2) is 6.84. The van der Waals surface area contributed by atoms with Gasteiger partial charge in [-0.2, -0.15) is 18.3 Å². The summed E-state index contributed by atoms with van der Waals surface area (Å²) in [6.07, 6.45) is -1.86. The molecule has 0 fully saturated rings. The first kappa shape index (κ1) is 17.8. The first-order valence-electron chi connectivity index (χ1n) is 8.26. The summed E-state index contributed by atoms with van der Waals surface area (Å²) >= 11 is 0. The van der Waals surface area contributed by atoms with Gasteiger partial charge in [0.1, 0.15) is 5.69 Å². The normalized spacial score (nSPS) is 11.7. The van der Waals surface area contributed by atoms with Gasteiger partial charge in [-0.3, -0.25) is 4.79 Å². The van der Waals surface area contributed by atoms with E-state index in [4.69, 9.17) is 4.52 Å². The highest BCUT2D eigenvalue weighted by Gasteiger charge is 2.34. The number of amides is 1. The van der Waals surface area contributed by atoms with Crippen LogP contribution in [0.5, 0.6) is 0 Å². The maximum Gasteiger partial charge on any atom is 0.418 e. The Kier molecular flexibility index (Phi) is 4.34. The molecule has 0 aliphatic rings. The van der Waals surface area contributed by atoms with Crippen molar-refractivity contribution >= 4 is 22.6 Å². The van der Waals surface area contributed by atoms with Crippen molar-refractivity contribution in [1.82, 2.24) is 14.9 Å². The second-order valence-corrected chi connectivity index (χ2v) is 6.03. The summed E-state index contributed by atoms with van der Waals surface area (Å²) in [5, 5.41) is 10.7. The maximum absolute atomic E-state index is 13.5. The van der Waals surface area contributed by atoms with E-state index >= 15 is 0 Å². The minimum atomic E-state index is -4.65. The van der Waals surface area contributed by atoms with Crippen molar-refractivity contribution in [3.05, 3.63) is 72.2 Å². The maximum atomic E-state index is 13.5. The molecule has 2 aromatic heterocycles. The molecule has 9 heteroatoms. The molecule has 0 spiro atoms. The third-order valence-corrected chi connectivity index (χ3v) is 4.13. The third kappa shape index (κ3) is 3.46. The summed E-state index contributed by atoms with van der Waals surface area (Å²) in [5.41, 5.74) is -0.197. The van der Waals surface area contributed by atoms with Crippen molar-refractivity contribution in [3.63, 3.8) is 0 Å². The molecule has 28 heavy (non-hydrogen) atoms. The van der Waals surface area contributed by atoms with Gasteiger partial charge in [0.2, 0.25) is 5.91 Å². The number of carbonyl (C=O) groups excluding carboxylic acids is 1. The molecule has 0 unspecified atom stereocenters. The van der Waals surface area contributed by atoms with Crippen LogP contribution in [0.1, 0.15) is 11.3 Å². The van der Waals surface area contributed by atoms with Crippen LogP contribution in [0.15, 0.2) is 65.4 Å². The van der Waals surface area contributed by atoms with Crippen LogP contribution in [0.25, 0.3) is 16.7 Å². The Balaban J connectivity index is 1.60. The number of anilines is 1. The number of hydrogen-bond donors (Lipinski definition) is 1. The molecule has 1 amide bonds. The van der Waals surface area contributed by atoms with E-state index in [2.05, 4.69) is 15.6 Å². The average molecular weight is 386 g/mol. The van der Waals surface area contributed by atoms with E-state index < -0.39 is 17.6 Å². The van der Waals surface area contributed by atoms with Gasteiger partial charge in [0.05, 0.1) is 23.4 Å². The number of carbonyl (C=O) groups is 1. The predicted molar refractivity (Wildman–Crippen MR) is 94.9 cm³/mol. The molecule has 1 N–H and O–H groups in total. The van der Waals surface area contributed by atoms with Gasteiger partial charge < -0.3 is 9.84 Å². The Morgan fingerprint density at radius 1 is 1.14 bits per heavy atom. The fourth-order valence-corrected chi connectivity index (χ4v) is 2.85. The molecule has 0 aliphatic carbocycles. The smallest absolute Gasteiger partial charge is 0.356 e. The van der Waals surface area contributed by atoms with Gasteiger partial charge in [-0.15, -0.1) is 0 Å². The Morgan fingerprint density at radius 2 is 1.96 bits per heavy atom. The number of nitrogens with one attached hydrogen (secondary N) is 1. The zero-order valence-electron chi connectivity index (χ0n) is 14.3. The molecule has 4 rings (SSSR count). The highest BCUT2D eigenvalue weighted by molar-refractivity contribution is 5.95. The molecule has 0 saturated heterocycles. The summed E-state index contributed by atoms with van der Waals surface area (Å²) in [7, 11) is 0. The number of hydrogen-bond acceptors (Lipinski definition) is 4. The molecule has 0 radical (unpaired) electrons. The number of alkyl halides is 3. The Bertz CT molecular complexity index is 1130. The molecule has 2 heterocycles. The van der Waals surface area contributed by atoms with Crippen LogP contribution < -0.4 is 5.32 Å². The van der Waals surface area contributed by atoms with Crippen LogP contribution in [-0.4, -0.2) is 20.8 Å². The number of aromatic nitrogens is 3. The number of nitrogens with zero attached hydrogens (tertiary/aromatic N) is 3. The van der Waals surface area contributed by atoms with E-state index in [9.17, 15) is 18.0 Å². The standard InChI is InChI=1S/C19H13F3N4O2/c20-19(21,22)14-10-12(26-9-3-8-23-26)6-7-15(14)24-18(27)11-16-13-4-1-2-5-17(13)28-25-16/h1-10H,11H2,(H,24,27). The van der Waals surface area contributed by atoms with Crippen molar-refractivity contribution in [2.45, 2.75) is 12.6 Å². The number of para-hydroxylation sites is 1. The van der Waals surface area contributed by atoms with Crippen LogP contribution in [0, 0.1) is 0 Å². The highest BCUT2D eigenvalue weighted by atomic mass is 19.4. The van der Waals surface area contributed by atoms with Crippen LogP contribution in [0.4, 0.5) is 18.9 Å². The summed E-state index contributed by atoms with van der Waals surface area (Å²) in [4.78, 5) is 12.3. The lowest BCUT2D eigenvalue weighted by molar-refractivity contribution is -0.137. The van der Waals surface area contributed by atoms with Crippen LogP contribution in [0.3, 0.4) is 0 Å². The first-order valence-corrected chi connectivity index (χ1v) is 8.26. The molecule has 6 nitrogen and oxygen atoms in total. The van der Waals surface area contributed by atoms with E-state index in [0.29, 0.717) is 16.7 Å². The molecule has 0 saturated carbocycles. The number of fused-ring (bicyclic) bond motifs is 1. The molecule has 4 aromatic rings. The van der Waals surface area contributed by atoms with Crippen LogP contribution >= 0.6 is 0 Å². The lowest BCUT2D eigenvalue weighted by Crippen LogP contribution is -2.19. The predicted octanol–water partition coefficient (Wildman–Crippen LogP) is 4.21. The van der Waals surface area contributed by atoms with Crippen molar-refractivity contribution < 1.29 is 22.5 Å². The van der Waals surface area contributed by atoms with Crippen molar-refractivity contribution in [1.29, 1.82) is 0 Å². The van der Waals surface area contributed by atoms with Gasteiger partial charge in [-0.25, -0.2) is 4.68 Å². The molecule has 0 bridgehead atoms. The summed E-state index contributed by atoms with van der Waals surface area (Å²) < 4.78 is 46.9. The van der Waals surface area contributed by atoms with Crippen LogP contribution in [-0.2, 0) is 17.4 Å². The molecule has 0 aliphatic heterocycles. The fraction of sp³-hybridized carbons (Fsp3) is 0.105. The minimum absolute atomic E-state index is 0.213. The average Bonchev–Trinajstić information content (AvgIpc) is 3.32. The summed E-state index contributed by atoms with van der Waals surface area (Å²) in [6, 6.07) is 12.1. The minimum Gasteiger partial charge on any atom is -0.356 e. The highest BCUT2D eigenvalue weighted by Crippen LogP contribution is 2.36. The Labute approximate surface area is 156 Å². The Hall–Kier alpha value is -3.62. The number of halogens is 3. The topological polar surface area (TPSA) is 73.0 Å². The summed E-state index contributed by atoms with van der Waals surface area (Å²) in [6.45, 7) is 0. The van der Waals surface area contributed by atoms with Crippen molar-refractivity contribution in [2.75, 3.05) is 5.32 Å². The van der Waals surface area contributed by atoms with E-state index in [-0.39, 0.29) is 17.8 Å². The van der Waals surface area contributed by atoms with Gasteiger partial charge in [-0.1, -0.05) is 17.3 Å². The molecule has 2 aromatic carbocycles. The monoisotopic (exact) mass is 386 g/mol. The summed E-state index contributed by atoms with van der Waals surface area (Å²) in [5.74, 6) is -0.628. The zero-order chi connectivity index (χ0) is 19.7. The Morgan fingerprint density at radius 3 is 2.71 bits per heavy atom. The third-order valence-electron chi connectivity index (χ3n) is 4.13. The van der Waals surface area contributed by atoms with E-state index in [1.807, 2.05) is 0 Å². The van der Waals surface area contributed by atoms with Gasteiger partial charge in [0.25, 0.3) is 0 Å². The van der Waals surface area contributed by atoms with E-state index in [1.54, 1.807) is 30.3 Å². The zero-order valence-corrected chi connectivity index (χ0v) is 14.3.